The van der Waals surface area contributed by atoms with Gasteiger partial charge < -0.3 is 14.4 Å². The first kappa shape index (κ1) is 16.1. The molecule has 1 unspecified atom stereocenters. The second kappa shape index (κ2) is 6.74. The maximum Gasteiger partial charge on any atom is 0.338 e. The molecule has 1 aliphatic heterocycles. The molecule has 1 aliphatic rings. The van der Waals surface area contributed by atoms with Gasteiger partial charge in [0.2, 0.25) is 0 Å². The number of amides is 1. The fourth-order valence-corrected chi connectivity index (χ4v) is 2.67. The zero-order valence-electron chi connectivity index (χ0n) is 13.7. The fraction of sp³-hybridized carbons (Fsp3) is 0.263. The van der Waals surface area contributed by atoms with Gasteiger partial charge in [-0.15, -0.1) is 0 Å². The van der Waals surface area contributed by atoms with Gasteiger partial charge in [-0.3, -0.25) is 4.79 Å². The highest BCUT2D eigenvalue weighted by atomic mass is 16.5. The van der Waals surface area contributed by atoms with Gasteiger partial charge in [-0.05, 0) is 43.7 Å². The lowest BCUT2D eigenvalue weighted by Gasteiger charge is -2.33. The SMILES string of the molecule is CCOC(=O)c1ccc(CN2C(=O)C(C)Oc3ccccc32)cc1. The lowest BCUT2D eigenvalue weighted by atomic mass is 10.1. The van der Waals surface area contributed by atoms with Gasteiger partial charge in [0.15, 0.2) is 6.10 Å². The quantitative estimate of drug-likeness (QED) is 0.810. The molecular formula is C19H19NO4. The Hall–Kier alpha value is -2.82. The Morgan fingerprint density at radius 3 is 2.58 bits per heavy atom. The zero-order chi connectivity index (χ0) is 17.1. The molecule has 0 fully saturated rings. The Balaban J connectivity index is 1.82. The van der Waals surface area contributed by atoms with E-state index in [2.05, 4.69) is 0 Å². The van der Waals surface area contributed by atoms with Crippen molar-refractivity contribution in [3.8, 4) is 5.75 Å². The smallest absolute Gasteiger partial charge is 0.338 e. The summed E-state index contributed by atoms with van der Waals surface area (Å²) in [6.45, 7) is 4.29. The third kappa shape index (κ3) is 3.11. The van der Waals surface area contributed by atoms with E-state index in [9.17, 15) is 9.59 Å². The summed E-state index contributed by atoms with van der Waals surface area (Å²) in [6, 6.07) is 14.6. The summed E-state index contributed by atoms with van der Waals surface area (Å²) < 4.78 is 10.6. The molecule has 1 atom stereocenters. The summed E-state index contributed by atoms with van der Waals surface area (Å²) in [7, 11) is 0. The standard InChI is InChI=1S/C19H19NO4/c1-3-23-19(22)15-10-8-14(9-11-15)12-20-16-6-4-5-7-17(16)24-13(2)18(20)21/h4-11,13H,3,12H2,1-2H3. The molecule has 0 spiro atoms. The molecule has 1 heterocycles. The van der Waals surface area contributed by atoms with Crippen LogP contribution in [0, 0.1) is 0 Å². The van der Waals surface area contributed by atoms with Crippen LogP contribution < -0.4 is 9.64 Å². The van der Waals surface area contributed by atoms with Gasteiger partial charge in [-0.1, -0.05) is 24.3 Å². The molecular weight excluding hydrogens is 306 g/mol. The van der Waals surface area contributed by atoms with Crippen LogP contribution in [0.25, 0.3) is 0 Å². The summed E-state index contributed by atoms with van der Waals surface area (Å²) in [6.07, 6.45) is -0.515. The molecule has 0 bridgehead atoms. The molecule has 0 radical (unpaired) electrons. The summed E-state index contributed by atoms with van der Waals surface area (Å²) in [5, 5.41) is 0. The van der Waals surface area contributed by atoms with Gasteiger partial charge in [-0.25, -0.2) is 4.79 Å². The van der Waals surface area contributed by atoms with Crippen molar-refractivity contribution in [3.63, 3.8) is 0 Å². The monoisotopic (exact) mass is 325 g/mol. The van der Waals surface area contributed by atoms with Crippen molar-refractivity contribution in [2.75, 3.05) is 11.5 Å². The molecule has 0 aliphatic carbocycles. The van der Waals surface area contributed by atoms with Crippen LogP contribution in [0.5, 0.6) is 5.75 Å². The Kier molecular flexibility index (Phi) is 4.51. The Morgan fingerprint density at radius 2 is 1.88 bits per heavy atom. The third-order valence-corrected chi connectivity index (χ3v) is 3.88. The maximum absolute atomic E-state index is 12.5. The first-order valence-electron chi connectivity index (χ1n) is 7.93. The molecule has 24 heavy (non-hydrogen) atoms. The van der Waals surface area contributed by atoms with Crippen LogP contribution in [0.15, 0.2) is 48.5 Å². The van der Waals surface area contributed by atoms with Crippen molar-refractivity contribution in [1.82, 2.24) is 0 Å². The highest BCUT2D eigenvalue weighted by Crippen LogP contribution is 2.34. The summed E-state index contributed by atoms with van der Waals surface area (Å²) in [5.74, 6) is 0.279. The number of anilines is 1. The largest absolute Gasteiger partial charge is 0.479 e. The van der Waals surface area contributed by atoms with Crippen molar-refractivity contribution in [3.05, 3.63) is 59.7 Å². The molecule has 0 N–H and O–H groups in total. The highest BCUT2D eigenvalue weighted by Gasteiger charge is 2.31. The number of para-hydroxylation sites is 2. The lowest BCUT2D eigenvalue weighted by Crippen LogP contribution is -2.43. The highest BCUT2D eigenvalue weighted by molar-refractivity contribution is 5.99. The van der Waals surface area contributed by atoms with E-state index in [1.165, 1.54) is 0 Å². The zero-order valence-corrected chi connectivity index (χ0v) is 13.7. The Morgan fingerprint density at radius 1 is 1.17 bits per heavy atom. The van der Waals surface area contributed by atoms with Gasteiger partial charge in [0.25, 0.3) is 5.91 Å². The molecule has 2 aromatic rings. The van der Waals surface area contributed by atoms with E-state index in [4.69, 9.17) is 9.47 Å². The number of hydrogen-bond donors (Lipinski definition) is 0. The minimum Gasteiger partial charge on any atom is -0.479 e. The van der Waals surface area contributed by atoms with E-state index in [-0.39, 0.29) is 11.9 Å². The first-order valence-corrected chi connectivity index (χ1v) is 7.93. The molecule has 1 amide bonds. The van der Waals surface area contributed by atoms with E-state index >= 15 is 0 Å². The van der Waals surface area contributed by atoms with E-state index in [1.54, 1.807) is 30.9 Å². The number of benzene rings is 2. The minimum atomic E-state index is -0.515. The Labute approximate surface area is 140 Å². The summed E-state index contributed by atoms with van der Waals surface area (Å²) in [4.78, 5) is 25.9. The van der Waals surface area contributed by atoms with Crippen LogP contribution in [-0.2, 0) is 16.1 Å². The molecule has 5 nitrogen and oxygen atoms in total. The van der Waals surface area contributed by atoms with Crippen LogP contribution in [0.4, 0.5) is 5.69 Å². The predicted octanol–water partition coefficient (Wildman–Crippen LogP) is 3.18. The summed E-state index contributed by atoms with van der Waals surface area (Å²) >= 11 is 0. The molecule has 5 heteroatoms. The fourth-order valence-electron chi connectivity index (χ4n) is 2.67. The van der Waals surface area contributed by atoms with Crippen LogP contribution in [-0.4, -0.2) is 24.6 Å². The number of carbonyl (C=O) groups excluding carboxylic acids is 2. The molecule has 0 aromatic heterocycles. The number of fused-ring (bicyclic) bond motifs is 1. The molecule has 0 saturated heterocycles. The van der Waals surface area contributed by atoms with Gasteiger partial charge >= 0.3 is 5.97 Å². The van der Waals surface area contributed by atoms with E-state index in [0.29, 0.717) is 24.5 Å². The Bertz CT molecular complexity index is 754. The van der Waals surface area contributed by atoms with Crippen molar-refractivity contribution >= 4 is 17.6 Å². The number of rotatable bonds is 4. The minimum absolute atomic E-state index is 0.0804. The van der Waals surface area contributed by atoms with E-state index in [0.717, 1.165) is 11.3 Å². The van der Waals surface area contributed by atoms with Crippen molar-refractivity contribution in [2.24, 2.45) is 0 Å². The maximum atomic E-state index is 12.5. The van der Waals surface area contributed by atoms with Gasteiger partial charge in [0.05, 0.1) is 24.4 Å². The third-order valence-electron chi connectivity index (χ3n) is 3.88. The number of nitrogens with zero attached hydrogens (tertiary/aromatic N) is 1. The van der Waals surface area contributed by atoms with Gasteiger partial charge in [0, 0.05) is 0 Å². The van der Waals surface area contributed by atoms with Crippen molar-refractivity contribution in [1.29, 1.82) is 0 Å². The van der Waals surface area contributed by atoms with Gasteiger partial charge in [0.1, 0.15) is 5.75 Å². The van der Waals surface area contributed by atoms with Crippen LogP contribution in [0.3, 0.4) is 0 Å². The first-order chi connectivity index (χ1) is 11.6. The predicted molar refractivity (Wildman–Crippen MR) is 90.1 cm³/mol. The number of carbonyl (C=O) groups is 2. The second-order valence-corrected chi connectivity index (χ2v) is 5.57. The summed E-state index contributed by atoms with van der Waals surface area (Å²) in [5.41, 5.74) is 2.19. The van der Waals surface area contributed by atoms with Crippen LogP contribution >= 0.6 is 0 Å². The molecule has 0 saturated carbocycles. The van der Waals surface area contributed by atoms with Gasteiger partial charge in [-0.2, -0.15) is 0 Å². The molecule has 124 valence electrons. The lowest BCUT2D eigenvalue weighted by molar-refractivity contribution is -0.125. The molecule has 3 rings (SSSR count). The average molecular weight is 325 g/mol. The van der Waals surface area contributed by atoms with Crippen molar-refractivity contribution in [2.45, 2.75) is 26.5 Å². The topological polar surface area (TPSA) is 55.8 Å². The second-order valence-electron chi connectivity index (χ2n) is 5.57. The van der Waals surface area contributed by atoms with Crippen LogP contribution in [0.2, 0.25) is 0 Å². The number of ether oxygens (including phenoxy) is 2. The normalized spacial score (nSPS) is 16.3. The van der Waals surface area contributed by atoms with Crippen molar-refractivity contribution < 1.29 is 19.1 Å². The van der Waals surface area contributed by atoms with Crippen LogP contribution in [0.1, 0.15) is 29.8 Å². The molecule has 2 aromatic carbocycles. The number of hydrogen-bond acceptors (Lipinski definition) is 4. The van der Waals surface area contributed by atoms with E-state index in [1.807, 2.05) is 36.4 Å². The van der Waals surface area contributed by atoms with E-state index < -0.39 is 6.10 Å². The average Bonchev–Trinajstić information content (AvgIpc) is 2.59. The number of esters is 1.